The summed E-state index contributed by atoms with van der Waals surface area (Å²) in [6, 6.07) is 20.8. The maximum atomic E-state index is 13.4. The number of benzene rings is 3. The zero-order chi connectivity index (χ0) is 22.7. The third kappa shape index (κ3) is 4.28. The van der Waals surface area contributed by atoms with Crippen LogP contribution in [0.3, 0.4) is 0 Å². The highest BCUT2D eigenvalue weighted by Gasteiger charge is 2.21. The molecule has 1 aromatic heterocycles. The zero-order valence-electron chi connectivity index (χ0n) is 17.7. The molecule has 1 N–H and O–H groups in total. The Morgan fingerprint density at radius 2 is 1.75 bits per heavy atom. The molecule has 0 saturated heterocycles. The second-order valence-corrected chi connectivity index (χ2v) is 7.83. The van der Waals surface area contributed by atoms with Gasteiger partial charge in [0, 0.05) is 17.7 Å². The number of carbonyl (C=O) groups is 1. The predicted molar refractivity (Wildman–Crippen MR) is 125 cm³/mol. The summed E-state index contributed by atoms with van der Waals surface area (Å²) in [5.41, 5.74) is 2.27. The Kier molecular flexibility index (Phi) is 6.35. The Balaban J connectivity index is 1.79. The van der Waals surface area contributed by atoms with E-state index in [2.05, 4.69) is 5.32 Å². The first-order chi connectivity index (χ1) is 15.5. The van der Waals surface area contributed by atoms with E-state index in [1.54, 1.807) is 68.6 Å². The van der Waals surface area contributed by atoms with Crippen LogP contribution in [0.15, 0.2) is 77.6 Å². The van der Waals surface area contributed by atoms with Crippen molar-refractivity contribution in [1.29, 1.82) is 0 Å². The van der Waals surface area contributed by atoms with E-state index in [0.717, 1.165) is 5.56 Å². The van der Waals surface area contributed by atoms with Crippen LogP contribution < -0.4 is 10.9 Å². The first-order valence-corrected chi connectivity index (χ1v) is 10.5. The smallest absolute Gasteiger partial charge is 0.266 e. The normalized spacial score (nSPS) is 12.0. The van der Waals surface area contributed by atoms with Crippen molar-refractivity contribution in [3.8, 4) is 5.69 Å². The van der Waals surface area contributed by atoms with Gasteiger partial charge < -0.3 is 10.1 Å². The van der Waals surface area contributed by atoms with Gasteiger partial charge in [0.05, 0.1) is 29.2 Å². The minimum Gasteiger partial charge on any atom is -0.380 e. The number of rotatable bonds is 6. The number of amides is 1. The molecule has 1 atom stereocenters. The van der Waals surface area contributed by atoms with Crippen LogP contribution >= 0.6 is 11.6 Å². The molecule has 0 aliphatic heterocycles. The molecule has 1 unspecified atom stereocenters. The zero-order valence-corrected chi connectivity index (χ0v) is 18.5. The monoisotopic (exact) mass is 447 g/mol. The fourth-order valence-corrected chi connectivity index (χ4v) is 3.77. The Labute approximate surface area is 190 Å². The number of aromatic nitrogens is 2. The van der Waals surface area contributed by atoms with Crippen LogP contribution in [0.4, 0.5) is 0 Å². The molecule has 0 aliphatic rings. The Bertz CT molecular complexity index is 1330. The van der Waals surface area contributed by atoms with Crippen LogP contribution in [0.2, 0.25) is 5.02 Å². The summed E-state index contributed by atoms with van der Waals surface area (Å²) in [6.45, 7) is 2.13. The average molecular weight is 448 g/mol. The summed E-state index contributed by atoms with van der Waals surface area (Å²) in [6.07, 6.45) is 0. The number of nitrogens with one attached hydrogen (secondary N) is 1. The van der Waals surface area contributed by atoms with Crippen molar-refractivity contribution < 1.29 is 9.53 Å². The molecule has 32 heavy (non-hydrogen) atoms. The highest BCUT2D eigenvalue weighted by Crippen LogP contribution is 2.20. The highest BCUT2D eigenvalue weighted by atomic mass is 35.5. The van der Waals surface area contributed by atoms with Crippen LogP contribution in [-0.4, -0.2) is 22.6 Å². The molecular weight excluding hydrogens is 426 g/mol. The van der Waals surface area contributed by atoms with Gasteiger partial charge in [0.15, 0.2) is 0 Å². The number of carbonyl (C=O) groups excluding carboxylic acids is 1. The second-order valence-electron chi connectivity index (χ2n) is 7.39. The summed E-state index contributed by atoms with van der Waals surface area (Å²) < 4.78 is 6.73. The fourth-order valence-electron chi connectivity index (χ4n) is 3.64. The summed E-state index contributed by atoms with van der Waals surface area (Å²) in [5, 5.41) is 4.04. The van der Waals surface area contributed by atoms with E-state index in [0.29, 0.717) is 39.6 Å². The van der Waals surface area contributed by atoms with Crippen molar-refractivity contribution in [2.24, 2.45) is 0 Å². The molecule has 0 saturated carbocycles. The summed E-state index contributed by atoms with van der Waals surface area (Å²) in [5.74, 6) is 0.156. The van der Waals surface area contributed by atoms with Gasteiger partial charge in [0.2, 0.25) is 0 Å². The molecule has 3 aromatic carbocycles. The van der Waals surface area contributed by atoms with Gasteiger partial charge in [0.1, 0.15) is 5.82 Å². The highest BCUT2D eigenvalue weighted by molar-refractivity contribution is 6.30. The Morgan fingerprint density at radius 1 is 1.06 bits per heavy atom. The van der Waals surface area contributed by atoms with Gasteiger partial charge in [-0.25, -0.2) is 4.98 Å². The van der Waals surface area contributed by atoms with Crippen LogP contribution in [-0.2, 0) is 11.3 Å². The molecule has 4 rings (SSSR count). The molecule has 0 spiro atoms. The molecule has 7 heteroatoms. The lowest BCUT2D eigenvalue weighted by Crippen LogP contribution is -2.33. The first kappa shape index (κ1) is 21.7. The molecule has 1 heterocycles. The average Bonchev–Trinajstić information content (AvgIpc) is 2.80. The number of halogens is 1. The van der Waals surface area contributed by atoms with Gasteiger partial charge in [-0.1, -0.05) is 41.9 Å². The van der Waals surface area contributed by atoms with Crippen molar-refractivity contribution >= 4 is 28.4 Å². The summed E-state index contributed by atoms with van der Waals surface area (Å²) in [7, 11) is 1.58. The molecule has 6 nitrogen and oxygen atoms in total. The van der Waals surface area contributed by atoms with Crippen LogP contribution in [0.1, 0.15) is 34.7 Å². The lowest BCUT2D eigenvalue weighted by Gasteiger charge is -2.20. The topological polar surface area (TPSA) is 73.2 Å². The van der Waals surface area contributed by atoms with Gasteiger partial charge in [0.25, 0.3) is 11.5 Å². The SMILES string of the molecule is COCc1ccccc1C(=O)NC(C)c1nc2ccccc2c(=O)n1-c1ccc(Cl)cc1. The second kappa shape index (κ2) is 9.34. The van der Waals surface area contributed by atoms with E-state index in [1.807, 2.05) is 18.2 Å². The predicted octanol–water partition coefficient (Wildman–Crippen LogP) is 4.68. The van der Waals surface area contributed by atoms with E-state index in [-0.39, 0.29) is 11.5 Å². The van der Waals surface area contributed by atoms with Crippen LogP contribution in [0.5, 0.6) is 0 Å². The molecule has 4 aromatic rings. The van der Waals surface area contributed by atoms with E-state index in [4.69, 9.17) is 21.3 Å². The number of methoxy groups -OCH3 is 1. The molecular formula is C25H22ClN3O3. The Morgan fingerprint density at radius 3 is 2.50 bits per heavy atom. The molecule has 162 valence electrons. The molecule has 0 radical (unpaired) electrons. The largest absolute Gasteiger partial charge is 0.380 e. The van der Waals surface area contributed by atoms with Gasteiger partial charge in [-0.3, -0.25) is 14.2 Å². The number of ether oxygens (including phenoxy) is 1. The van der Waals surface area contributed by atoms with E-state index in [1.165, 1.54) is 4.57 Å². The number of fused-ring (bicyclic) bond motifs is 1. The summed E-state index contributed by atoms with van der Waals surface area (Å²) in [4.78, 5) is 31.2. The molecule has 0 bridgehead atoms. The molecule has 0 aliphatic carbocycles. The molecule has 0 fully saturated rings. The van der Waals surface area contributed by atoms with Gasteiger partial charge in [-0.05, 0) is 55.0 Å². The van der Waals surface area contributed by atoms with E-state index >= 15 is 0 Å². The first-order valence-electron chi connectivity index (χ1n) is 10.1. The van der Waals surface area contributed by atoms with E-state index < -0.39 is 6.04 Å². The number of hydrogen-bond donors (Lipinski definition) is 1. The van der Waals surface area contributed by atoms with Crippen molar-refractivity contribution in [3.63, 3.8) is 0 Å². The third-order valence-corrected chi connectivity index (χ3v) is 5.44. The van der Waals surface area contributed by atoms with Gasteiger partial charge >= 0.3 is 0 Å². The quantitative estimate of drug-likeness (QED) is 0.466. The molecule has 1 amide bonds. The van der Waals surface area contributed by atoms with E-state index in [9.17, 15) is 9.59 Å². The van der Waals surface area contributed by atoms with Crippen molar-refractivity contribution in [2.75, 3.05) is 7.11 Å². The standard InChI is InChI=1S/C25H22ClN3O3/c1-16(27-24(30)20-8-4-3-7-17(20)15-32-2)23-28-22-10-6-5-9-21(22)25(31)29(23)19-13-11-18(26)12-14-19/h3-14,16H,15H2,1-2H3,(H,27,30). The van der Waals surface area contributed by atoms with Crippen molar-refractivity contribution in [1.82, 2.24) is 14.9 Å². The Hall–Kier alpha value is -3.48. The fraction of sp³-hybridized carbons (Fsp3) is 0.160. The minimum atomic E-state index is -0.550. The number of nitrogens with zero attached hydrogens (tertiary/aromatic N) is 2. The third-order valence-electron chi connectivity index (χ3n) is 5.18. The van der Waals surface area contributed by atoms with Gasteiger partial charge in [-0.15, -0.1) is 0 Å². The van der Waals surface area contributed by atoms with Gasteiger partial charge in [-0.2, -0.15) is 0 Å². The van der Waals surface area contributed by atoms with Crippen LogP contribution in [0.25, 0.3) is 16.6 Å². The lowest BCUT2D eigenvalue weighted by atomic mass is 10.1. The lowest BCUT2D eigenvalue weighted by molar-refractivity contribution is 0.0933. The minimum absolute atomic E-state index is 0.214. The van der Waals surface area contributed by atoms with Crippen LogP contribution in [0, 0.1) is 0 Å². The maximum Gasteiger partial charge on any atom is 0.266 e. The van der Waals surface area contributed by atoms with Crippen molar-refractivity contribution in [2.45, 2.75) is 19.6 Å². The number of para-hydroxylation sites is 1. The number of hydrogen-bond acceptors (Lipinski definition) is 4. The summed E-state index contributed by atoms with van der Waals surface area (Å²) >= 11 is 6.04. The van der Waals surface area contributed by atoms with Crippen molar-refractivity contribution in [3.05, 3.63) is 105 Å². The maximum absolute atomic E-state index is 13.4.